The number of carbonyl (C=O) groups is 2. The highest BCUT2D eigenvalue weighted by Gasteiger charge is 2.54. The lowest BCUT2D eigenvalue weighted by Gasteiger charge is -2.35. The number of ether oxygens (including phenoxy) is 5. The molecule has 2 aliphatic heterocycles. The van der Waals surface area contributed by atoms with Crippen LogP contribution < -0.4 is 15.2 Å². The van der Waals surface area contributed by atoms with Crippen molar-refractivity contribution in [1.82, 2.24) is 4.90 Å². The maximum atomic E-state index is 14.1. The summed E-state index contributed by atoms with van der Waals surface area (Å²) < 4.78 is 28.8. The molecule has 1 atom stereocenters. The smallest absolute Gasteiger partial charge is 0.336 e. The van der Waals surface area contributed by atoms with Crippen LogP contribution in [0.25, 0.3) is 5.57 Å². The first kappa shape index (κ1) is 31.8. The topological polar surface area (TPSA) is 110 Å². The fourth-order valence-electron chi connectivity index (χ4n) is 5.84. The fourth-order valence-corrected chi connectivity index (χ4v) is 6.30. The second kappa shape index (κ2) is 13.7. The van der Waals surface area contributed by atoms with Crippen LogP contribution in [-0.2, 0) is 23.8 Å². The molecule has 0 spiro atoms. The van der Waals surface area contributed by atoms with Gasteiger partial charge in [-0.2, -0.15) is 0 Å². The van der Waals surface area contributed by atoms with Gasteiger partial charge in [0.25, 0.3) is 0 Å². The van der Waals surface area contributed by atoms with Crippen LogP contribution in [0.15, 0.2) is 84.3 Å². The Labute approximate surface area is 277 Å². The molecule has 1 fully saturated rings. The minimum atomic E-state index is -0.923. The molecule has 2 N–H and O–H groups in total. The van der Waals surface area contributed by atoms with E-state index in [1.54, 1.807) is 24.3 Å². The molecule has 46 heavy (non-hydrogen) atoms. The van der Waals surface area contributed by atoms with Gasteiger partial charge in [-0.25, -0.2) is 4.79 Å². The minimum absolute atomic E-state index is 0.0119. The number of hydrogen-bond donors (Lipinski definition) is 1. The minimum Gasteiger partial charge on any atom is -0.490 e. The van der Waals surface area contributed by atoms with Gasteiger partial charge in [-0.05, 0) is 79.3 Å². The monoisotopic (exact) mass is 664 g/mol. The average Bonchev–Trinajstić information content (AvgIpc) is 3.70. The highest BCUT2D eigenvalue weighted by atomic mass is 35.5. The lowest BCUT2D eigenvalue weighted by molar-refractivity contribution is -0.145. The van der Waals surface area contributed by atoms with Crippen molar-refractivity contribution in [2.45, 2.75) is 37.8 Å². The molecule has 9 nitrogen and oxygen atoms in total. The Balaban J connectivity index is 1.22. The predicted molar refractivity (Wildman–Crippen MR) is 173 cm³/mol. The zero-order valence-electron chi connectivity index (χ0n) is 25.3. The van der Waals surface area contributed by atoms with Gasteiger partial charge in [0.2, 0.25) is 12.7 Å². The van der Waals surface area contributed by atoms with E-state index in [4.69, 9.17) is 52.6 Å². The molecular formula is C35H34Cl2N2O7. The van der Waals surface area contributed by atoms with Gasteiger partial charge in [0, 0.05) is 28.7 Å². The summed E-state index contributed by atoms with van der Waals surface area (Å²) in [6.07, 6.45) is 2.35. The summed E-state index contributed by atoms with van der Waals surface area (Å²) in [7, 11) is 0. The Kier molecular flexibility index (Phi) is 9.44. The molecule has 11 heteroatoms. The number of esters is 1. The van der Waals surface area contributed by atoms with Crippen LogP contribution in [0, 0.1) is 6.92 Å². The Morgan fingerprint density at radius 2 is 1.78 bits per heavy atom. The number of amides is 1. The molecule has 1 aliphatic carbocycles. The molecule has 0 radical (unpaired) electrons. The number of aryl methyl sites for hydroxylation is 1. The number of hydrogen-bond acceptors (Lipinski definition) is 8. The summed E-state index contributed by atoms with van der Waals surface area (Å²) >= 11 is 12.5. The normalized spacial score (nSPS) is 17.8. The Bertz CT molecular complexity index is 1680. The summed E-state index contributed by atoms with van der Waals surface area (Å²) in [6, 6.07) is 20.1. The van der Waals surface area contributed by atoms with Crippen molar-refractivity contribution in [3.63, 3.8) is 0 Å². The third-order valence-corrected chi connectivity index (χ3v) is 9.07. The second-order valence-electron chi connectivity index (χ2n) is 11.4. The molecule has 240 valence electrons. The van der Waals surface area contributed by atoms with Gasteiger partial charge in [-0.1, -0.05) is 53.5 Å². The van der Waals surface area contributed by atoms with Gasteiger partial charge in [-0.3, -0.25) is 9.69 Å². The molecule has 3 aromatic carbocycles. The van der Waals surface area contributed by atoms with Gasteiger partial charge in [-0.15, -0.1) is 0 Å². The van der Waals surface area contributed by atoms with Crippen LogP contribution in [0.2, 0.25) is 10.0 Å². The largest absolute Gasteiger partial charge is 0.490 e. The molecule has 1 saturated carbocycles. The van der Waals surface area contributed by atoms with E-state index in [-0.39, 0.29) is 19.2 Å². The predicted octanol–water partition coefficient (Wildman–Crippen LogP) is 6.37. The van der Waals surface area contributed by atoms with Crippen LogP contribution in [0.1, 0.15) is 42.1 Å². The number of halogens is 2. The summed E-state index contributed by atoms with van der Waals surface area (Å²) in [4.78, 5) is 28.5. The lowest BCUT2D eigenvalue weighted by atomic mass is 9.92. The zero-order valence-corrected chi connectivity index (χ0v) is 26.8. The van der Waals surface area contributed by atoms with Gasteiger partial charge >= 0.3 is 5.97 Å². The number of nitrogens with two attached hydrogens (primary N) is 1. The van der Waals surface area contributed by atoms with Crippen LogP contribution in [0.5, 0.6) is 11.5 Å². The molecule has 3 aromatic rings. The van der Waals surface area contributed by atoms with Crippen LogP contribution in [0.3, 0.4) is 0 Å². The molecular weight excluding hydrogens is 631 g/mol. The first-order chi connectivity index (χ1) is 22.2. The fraction of sp³-hybridized carbons (Fsp3) is 0.314. The number of primary amides is 1. The van der Waals surface area contributed by atoms with Crippen molar-refractivity contribution >= 4 is 40.7 Å². The van der Waals surface area contributed by atoms with E-state index in [0.29, 0.717) is 71.7 Å². The quantitative estimate of drug-likeness (QED) is 0.176. The summed E-state index contributed by atoms with van der Waals surface area (Å²) in [5.74, 6) is 0.832. The van der Waals surface area contributed by atoms with E-state index in [1.807, 2.05) is 54.3 Å². The van der Waals surface area contributed by atoms with Crippen LogP contribution in [0.4, 0.5) is 0 Å². The lowest BCUT2D eigenvalue weighted by Crippen LogP contribution is -2.50. The average molecular weight is 666 g/mol. The first-order valence-electron chi connectivity index (χ1n) is 15.0. The van der Waals surface area contributed by atoms with Crippen molar-refractivity contribution in [3.05, 3.63) is 111 Å². The van der Waals surface area contributed by atoms with Gasteiger partial charge in [0.1, 0.15) is 36.5 Å². The molecule has 2 heterocycles. The van der Waals surface area contributed by atoms with E-state index in [1.165, 1.54) is 6.26 Å². The van der Waals surface area contributed by atoms with E-state index in [9.17, 15) is 9.59 Å². The highest BCUT2D eigenvalue weighted by Crippen LogP contribution is 2.45. The molecule has 1 unspecified atom stereocenters. The summed E-state index contributed by atoms with van der Waals surface area (Å²) in [5.41, 5.74) is 8.70. The molecule has 0 aromatic heterocycles. The molecule has 1 amide bonds. The van der Waals surface area contributed by atoms with Crippen molar-refractivity contribution in [2.75, 3.05) is 33.1 Å². The molecule has 3 aliphatic rings. The molecule has 0 saturated heterocycles. The van der Waals surface area contributed by atoms with Gasteiger partial charge in [0.15, 0.2) is 11.9 Å². The second-order valence-corrected chi connectivity index (χ2v) is 12.3. The number of nitrogens with zero attached hydrogens (tertiary/aromatic N) is 1. The summed E-state index contributed by atoms with van der Waals surface area (Å²) in [6.45, 7) is 3.44. The third kappa shape index (κ3) is 6.82. The van der Waals surface area contributed by atoms with Crippen LogP contribution in [-0.4, -0.2) is 55.4 Å². The van der Waals surface area contributed by atoms with E-state index >= 15 is 0 Å². The van der Waals surface area contributed by atoms with E-state index in [2.05, 4.69) is 0 Å². The van der Waals surface area contributed by atoms with E-state index in [0.717, 1.165) is 22.4 Å². The van der Waals surface area contributed by atoms with Crippen molar-refractivity contribution in [1.29, 1.82) is 0 Å². The van der Waals surface area contributed by atoms with E-state index < -0.39 is 17.6 Å². The van der Waals surface area contributed by atoms with Crippen molar-refractivity contribution in [2.24, 2.45) is 5.73 Å². The van der Waals surface area contributed by atoms with Crippen LogP contribution >= 0.6 is 23.2 Å². The Morgan fingerprint density at radius 1 is 1.02 bits per heavy atom. The van der Waals surface area contributed by atoms with Gasteiger partial charge < -0.3 is 29.4 Å². The molecule has 0 bridgehead atoms. The highest BCUT2D eigenvalue weighted by molar-refractivity contribution is 6.31. The van der Waals surface area contributed by atoms with Gasteiger partial charge in [0.05, 0.1) is 5.57 Å². The summed E-state index contributed by atoms with van der Waals surface area (Å²) in [5, 5.41) is 1.08. The van der Waals surface area contributed by atoms with Crippen molar-refractivity contribution in [3.8, 4) is 11.5 Å². The maximum absolute atomic E-state index is 14.1. The Morgan fingerprint density at radius 3 is 2.46 bits per heavy atom. The first-order valence-corrected chi connectivity index (χ1v) is 15.8. The number of benzene rings is 3. The number of rotatable bonds is 12. The number of carbonyl (C=O) groups excluding carboxylic acids is 2. The van der Waals surface area contributed by atoms with Crippen molar-refractivity contribution < 1.29 is 33.3 Å². The molecule has 6 rings (SSSR count). The maximum Gasteiger partial charge on any atom is 0.336 e. The SMILES string of the molecule is Cc1cc(Cl)ccc1OCCOc1ccc(C2=C(C(=O)OC(C3=COCO3)c3ccccc3Cl)CN(C3(C(N)=O)CC3)CC2)cc1. The Hall–Kier alpha value is -4.18. The standard InChI is InChI=1S/C35H34Cl2N2O7/c1-22-18-24(36)8-11-30(22)44-17-16-43-25-9-6-23(7-10-25)26-12-15-39(35(13-14-35)34(38)41)19-28(26)33(40)46-32(31-20-42-21-45-31)27-4-2-3-5-29(27)37/h2-11,18,20,32H,12-17,19,21H2,1H3,(H2,38,41). The third-order valence-electron chi connectivity index (χ3n) is 8.49. The zero-order chi connectivity index (χ0) is 32.3.